The molecule has 0 saturated carbocycles. The Labute approximate surface area is 429 Å². The molecule has 6 aromatic heterocycles. The summed E-state index contributed by atoms with van der Waals surface area (Å²) < 4.78 is 8.26. The minimum Gasteiger partial charge on any atom is -0.388 e. The highest BCUT2D eigenvalue weighted by Gasteiger charge is 2.24. The summed E-state index contributed by atoms with van der Waals surface area (Å²) in [6, 6.07) is 5.57. The van der Waals surface area contributed by atoms with Crippen molar-refractivity contribution in [2.45, 2.75) is 12.8 Å². The van der Waals surface area contributed by atoms with E-state index in [0.29, 0.717) is 0 Å². The van der Waals surface area contributed by atoms with E-state index >= 15 is 0 Å². The second kappa shape index (κ2) is 22.3. The molecule has 394 valence electrons. The summed E-state index contributed by atoms with van der Waals surface area (Å²) in [6.07, 6.45) is 8.75. The lowest BCUT2D eigenvalue weighted by Gasteiger charge is -2.05. The number of carbonyl (C=O) groups is 8. The normalized spacial score (nSPS) is 10.8. The quantitative estimate of drug-likeness (QED) is 0.0345. The second-order valence-corrected chi connectivity index (χ2v) is 16.7. The van der Waals surface area contributed by atoms with E-state index in [1.165, 1.54) is 117 Å². The van der Waals surface area contributed by atoms with Crippen LogP contribution in [0.1, 0.15) is 97.3 Å². The van der Waals surface area contributed by atoms with Gasteiger partial charge in [0.1, 0.15) is 0 Å². The summed E-state index contributed by atoms with van der Waals surface area (Å²) in [5.74, 6) is -5.56. The second-order valence-electron chi connectivity index (χ2n) is 16.7. The van der Waals surface area contributed by atoms with Crippen LogP contribution in [0.25, 0.3) is 0 Å². The lowest BCUT2D eigenvalue weighted by molar-refractivity contribution is 0.0933. The van der Waals surface area contributed by atoms with Gasteiger partial charge in [0.25, 0.3) is 47.3 Å². The molecule has 14 N–H and O–H groups in total. The number of nitrogens with one attached hydrogen (secondary N) is 10. The average Bonchev–Trinajstić information content (AvgIpc) is 4.22. The summed E-state index contributed by atoms with van der Waals surface area (Å²) in [7, 11) is 9.23. The molecule has 0 bridgehead atoms. The first-order valence-electron chi connectivity index (χ1n) is 22.4. The van der Waals surface area contributed by atoms with Crippen molar-refractivity contribution in [1.82, 2.24) is 67.9 Å². The van der Waals surface area contributed by atoms with Crippen LogP contribution in [-0.2, 0) is 42.3 Å². The zero-order valence-corrected chi connectivity index (χ0v) is 41.4. The van der Waals surface area contributed by atoms with Crippen molar-refractivity contribution >= 4 is 93.8 Å². The molecule has 0 saturated heterocycles. The van der Waals surface area contributed by atoms with Gasteiger partial charge in [-0.3, -0.25) is 49.2 Å². The van der Waals surface area contributed by atoms with Crippen molar-refractivity contribution in [3.05, 3.63) is 108 Å². The third-order valence-electron chi connectivity index (χ3n) is 10.7. The largest absolute Gasteiger partial charge is 0.388 e. The number of nitrogens with two attached hydrogens (primary N) is 2. The molecule has 0 aliphatic carbocycles. The van der Waals surface area contributed by atoms with Gasteiger partial charge in [0.2, 0.25) is 34.9 Å². The highest BCUT2D eigenvalue weighted by Crippen LogP contribution is 2.18. The van der Waals surface area contributed by atoms with Gasteiger partial charge in [0.05, 0.1) is 11.7 Å². The maximum atomic E-state index is 13.3. The molecule has 0 radical (unpaired) electrons. The first-order valence-corrected chi connectivity index (χ1v) is 22.4. The maximum Gasteiger partial charge on any atom is 0.292 e. The molecule has 1 aromatic carbocycles. The smallest absolute Gasteiger partial charge is 0.292 e. The molecule has 6 heterocycles. The molecule has 7 aromatic rings. The fourth-order valence-corrected chi connectivity index (χ4v) is 7.04. The Morgan fingerprint density at radius 2 is 0.566 bits per heavy atom. The van der Waals surface area contributed by atoms with Gasteiger partial charge in [-0.2, -0.15) is 0 Å². The van der Waals surface area contributed by atoms with E-state index in [4.69, 9.17) is 22.3 Å². The lowest BCUT2D eigenvalue weighted by Crippen LogP contribution is -2.29. The van der Waals surface area contributed by atoms with Crippen LogP contribution in [0, 0.1) is 10.8 Å². The van der Waals surface area contributed by atoms with Crippen LogP contribution in [-0.4, -0.2) is 129 Å². The van der Waals surface area contributed by atoms with Crippen molar-refractivity contribution in [3.63, 3.8) is 0 Å². The minimum atomic E-state index is -0.717. The molecule has 0 aliphatic rings. The zero-order chi connectivity index (χ0) is 55.1. The number of hydrogen-bond donors (Lipinski definition) is 12. The predicted octanol–water partition coefficient (Wildman–Crippen LogP) is -0.287. The van der Waals surface area contributed by atoms with Crippen LogP contribution in [0.2, 0.25) is 0 Å². The molecule has 8 amide bonds. The van der Waals surface area contributed by atoms with Gasteiger partial charge >= 0.3 is 0 Å². The number of imidazole rings is 6. The number of anilines is 6. The van der Waals surface area contributed by atoms with Crippen LogP contribution >= 0.6 is 0 Å². The number of rotatable bonds is 20. The van der Waals surface area contributed by atoms with Gasteiger partial charge in [-0.05, 0) is 24.3 Å². The highest BCUT2D eigenvalue weighted by atomic mass is 16.2. The van der Waals surface area contributed by atoms with Crippen LogP contribution in [0.15, 0.2) is 61.4 Å². The van der Waals surface area contributed by atoms with Gasteiger partial charge in [-0.1, -0.05) is 0 Å². The van der Waals surface area contributed by atoms with E-state index in [-0.39, 0.29) is 119 Å². The Balaban J connectivity index is 0.891. The summed E-state index contributed by atoms with van der Waals surface area (Å²) in [6.45, 7) is 0.260. The Morgan fingerprint density at radius 1 is 0.368 bits per heavy atom. The summed E-state index contributed by atoms with van der Waals surface area (Å²) >= 11 is 0. The van der Waals surface area contributed by atoms with Crippen molar-refractivity contribution in [2.75, 3.05) is 45.0 Å². The monoisotopic (exact) mass is 1040 g/mol. The summed E-state index contributed by atoms with van der Waals surface area (Å²) in [4.78, 5) is 129. The van der Waals surface area contributed by atoms with E-state index in [9.17, 15) is 38.4 Å². The van der Waals surface area contributed by atoms with Gasteiger partial charge in [-0.15, -0.1) is 0 Å². The summed E-state index contributed by atoms with van der Waals surface area (Å²) in [5, 5.41) is 35.2. The maximum absolute atomic E-state index is 13.3. The summed E-state index contributed by atoms with van der Waals surface area (Å²) in [5.41, 5.74) is 10.9. The number of nitrogens with zero attached hydrogens (tertiary/aromatic N) is 12. The molecular weight excluding hydrogens is 993 g/mol. The van der Waals surface area contributed by atoms with E-state index in [2.05, 4.69) is 72.4 Å². The number of carbonyl (C=O) groups excluding carboxylic acids is 8. The Morgan fingerprint density at radius 3 is 0.776 bits per heavy atom. The molecule has 0 atom stereocenters. The molecule has 0 aliphatic heterocycles. The van der Waals surface area contributed by atoms with Gasteiger partial charge in [-0.25, -0.2) is 29.9 Å². The number of amidine groups is 2. The Bertz CT molecular complexity index is 3250. The van der Waals surface area contributed by atoms with Gasteiger partial charge in [0.15, 0.2) is 34.9 Å². The standard InChI is InChI=1S/C44H50N24O8/c1-63-17-27(51-31(63)39(71)49-13-11-23(45)46)59-43(75)35-55-29(19-67(35)5)61-41(73)33-53-25(15-65(33)3)57-37(69)21-7-9-22(10-8-21)38(70)58-26-16-66(4)34(54-26)42(74)62-30-20-68(6)36(56-30)44(76)60-28-18-64(2)32(52-28)40(72)50-14-12-24(47)48/h7-10,15-20H,11-14H2,1-6H3,(H3,45,46)(H3,47,48)(H,49,71)(H,50,72)(H,57,69)(H,58,70)(H,59,75)(H,60,76)(H,61,73)(H,62,74). The fraction of sp³-hybridized carbons (Fsp3) is 0.227. The molecule has 32 heteroatoms. The third kappa shape index (κ3) is 12.6. The Kier molecular flexibility index (Phi) is 15.5. The van der Waals surface area contributed by atoms with E-state index in [0.717, 1.165) is 0 Å². The molecular formula is C44H50N24O8. The van der Waals surface area contributed by atoms with Crippen molar-refractivity contribution in [3.8, 4) is 0 Å². The lowest BCUT2D eigenvalue weighted by atomic mass is 10.1. The molecule has 0 spiro atoms. The van der Waals surface area contributed by atoms with E-state index < -0.39 is 47.3 Å². The van der Waals surface area contributed by atoms with E-state index in [1.54, 1.807) is 14.1 Å². The number of benzene rings is 1. The average molecular weight is 1040 g/mol. The first kappa shape index (κ1) is 53.0. The van der Waals surface area contributed by atoms with Gasteiger partial charge < -0.3 is 81.4 Å². The van der Waals surface area contributed by atoms with E-state index in [1.807, 2.05) is 0 Å². The van der Waals surface area contributed by atoms with Crippen LogP contribution < -0.4 is 54.0 Å². The number of amides is 8. The molecule has 0 fully saturated rings. The molecule has 7 rings (SSSR count). The van der Waals surface area contributed by atoms with Crippen molar-refractivity contribution in [2.24, 2.45) is 53.8 Å². The molecule has 76 heavy (non-hydrogen) atoms. The number of aryl methyl sites for hydroxylation is 6. The topological polar surface area (TPSA) is 439 Å². The zero-order valence-electron chi connectivity index (χ0n) is 41.4. The first-order chi connectivity index (χ1) is 36.0. The predicted molar refractivity (Wildman–Crippen MR) is 271 cm³/mol. The molecule has 32 nitrogen and oxygen atoms in total. The van der Waals surface area contributed by atoms with Crippen LogP contribution in [0.5, 0.6) is 0 Å². The third-order valence-corrected chi connectivity index (χ3v) is 10.7. The molecule has 0 unspecified atom stereocenters. The van der Waals surface area contributed by atoms with Crippen LogP contribution in [0.3, 0.4) is 0 Å². The van der Waals surface area contributed by atoms with Gasteiger partial charge in [0, 0.05) is 117 Å². The fourth-order valence-electron chi connectivity index (χ4n) is 7.04. The minimum absolute atomic E-state index is 0.00135. The van der Waals surface area contributed by atoms with Crippen molar-refractivity contribution < 1.29 is 38.4 Å². The van der Waals surface area contributed by atoms with Crippen LogP contribution in [0.4, 0.5) is 34.9 Å². The number of hydrogen-bond acceptors (Lipinski definition) is 16. The van der Waals surface area contributed by atoms with Crippen molar-refractivity contribution in [1.29, 1.82) is 10.8 Å². The number of aromatic nitrogens is 12. The SMILES string of the molecule is Cn1cc(NC(=O)c2nc(NC(=O)c3nc(NC(=O)c4ccc(C(=O)Nc5cn(C)c(C(=O)Nc6cn(C)c(C(=O)Nc7cn(C)c(C(=O)NCCC(=N)N)n7)n6)n5)cc4)cn3C)cn2C)nc1C(=O)NCCC(=N)N. The highest BCUT2D eigenvalue weighted by molar-refractivity contribution is 6.09. The Hall–Kier alpha value is -10.8.